The molecule has 8 nitrogen and oxygen atoms in total. The van der Waals surface area contributed by atoms with Gasteiger partial charge in [0.05, 0.1) is 6.10 Å². The van der Waals surface area contributed by atoms with Crippen molar-refractivity contribution >= 4 is 59.1 Å². The van der Waals surface area contributed by atoms with Crippen LogP contribution in [0.25, 0.3) is 22.0 Å². The molecule has 1 aliphatic carbocycles. The quantitative estimate of drug-likeness (QED) is 0.163. The highest BCUT2D eigenvalue weighted by Crippen LogP contribution is 2.43. The second-order valence-electron chi connectivity index (χ2n) is 14.1. The summed E-state index contributed by atoms with van der Waals surface area (Å²) >= 11 is 4.04. The predicted octanol–water partition coefficient (Wildman–Crippen LogP) is 7.85. The molecule has 0 bridgehead atoms. The standard InChI is InChI=1S/C34H45IN4O4S2/c1-6-44-25-7-8-29(27(19-25)28-20-36(5)31(40)30-26(28)10-14-39(30)45-35)42-24-17-23(18-24)9-13-37-15-11-34(21-37)12-16-38(22-34)32(41)43-33(2,3)4/h7-8,10,14,19-20,23-24H,6,9,11-13,15-18,21-22H2,1-5H3. The first kappa shape index (κ1) is 33.1. The van der Waals surface area contributed by atoms with Gasteiger partial charge in [0.25, 0.3) is 5.56 Å². The summed E-state index contributed by atoms with van der Waals surface area (Å²) in [6, 6.07) is 8.55. The Labute approximate surface area is 287 Å². The number of pyridine rings is 1. The second-order valence-corrected chi connectivity index (χ2v) is 17.1. The van der Waals surface area contributed by atoms with Crippen LogP contribution in [0.3, 0.4) is 0 Å². The van der Waals surface area contributed by atoms with Crippen LogP contribution in [0, 0.1) is 11.3 Å². The largest absolute Gasteiger partial charge is 0.490 e. The van der Waals surface area contributed by atoms with Gasteiger partial charge in [0.2, 0.25) is 0 Å². The lowest BCUT2D eigenvalue weighted by Crippen LogP contribution is -2.38. The Hall–Kier alpha value is -1.83. The molecule has 0 N–H and O–H groups in total. The lowest BCUT2D eigenvalue weighted by molar-refractivity contribution is 0.0273. The number of carbonyl (C=O) groups excluding carboxylic acids is 1. The minimum atomic E-state index is -0.452. The normalized spacial score (nSPS) is 23.6. The van der Waals surface area contributed by atoms with Crippen LogP contribution >= 0.6 is 42.1 Å². The molecule has 0 radical (unpaired) electrons. The fourth-order valence-corrected chi connectivity index (χ4v) is 9.24. The highest BCUT2D eigenvalue weighted by molar-refractivity contribution is 14.2. The number of likely N-dealkylation sites (tertiary alicyclic amines) is 2. The van der Waals surface area contributed by atoms with E-state index < -0.39 is 5.60 Å². The molecule has 2 aromatic heterocycles. The third-order valence-corrected chi connectivity index (χ3v) is 12.2. The maximum atomic E-state index is 13.1. The Morgan fingerprint density at radius 1 is 1.11 bits per heavy atom. The van der Waals surface area contributed by atoms with E-state index in [1.54, 1.807) is 4.57 Å². The Morgan fingerprint density at radius 3 is 2.62 bits per heavy atom. The number of fused-ring (bicyclic) bond motifs is 1. The molecule has 1 spiro atoms. The van der Waals surface area contributed by atoms with Crippen molar-refractivity contribution < 1.29 is 14.3 Å². The van der Waals surface area contributed by atoms with Gasteiger partial charge in [0.15, 0.2) is 0 Å². The molecule has 1 unspecified atom stereocenters. The first-order chi connectivity index (χ1) is 21.5. The fourth-order valence-electron chi connectivity index (χ4n) is 7.20. The third kappa shape index (κ3) is 7.21. The molecule has 3 aliphatic rings. The number of amides is 1. The molecule has 1 saturated carbocycles. The minimum Gasteiger partial charge on any atom is -0.490 e. The number of hydrogen-bond donors (Lipinski definition) is 0. The summed E-state index contributed by atoms with van der Waals surface area (Å²) in [6.45, 7) is 12.9. The molecule has 3 aromatic rings. The van der Waals surface area contributed by atoms with Crippen molar-refractivity contribution in [3.8, 4) is 16.9 Å². The van der Waals surface area contributed by atoms with Gasteiger partial charge in [-0.3, -0.25) is 8.77 Å². The van der Waals surface area contributed by atoms with E-state index in [-0.39, 0.29) is 23.2 Å². The summed E-state index contributed by atoms with van der Waals surface area (Å²) in [5.41, 5.74) is 2.56. The van der Waals surface area contributed by atoms with Crippen LogP contribution in [0.1, 0.15) is 59.8 Å². The van der Waals surface area contributed by atoms with E-state index in [1.165, 1.54) is 20.4 Å². The summed E-state index contributed by atoms with van der Waals surface area (Å²) < 4.78 is 16.0. The van der Waals surface area contributed by atoms with Gasteiger partial charge in [-0.05, 0) is 102 Å². The number of halogens is 1. The molecule has 1 aromatic carbocycles. The van der Waals surface area contributed by atoms with Crippen LogP contribution in [0.15, 0.2) is 46.3 Å². The molecule has 3 fully saturated rings. The van der Waals surface area contributed by atoms with Crippen molar-refractivity contribution in [2.75, 3.05) is 38.5 Å². The van der Waals surface area contributed by atoms with Crippen molar-refractivity contribution in [3.63, 3.8) is 0 Å². The van der Waals surface area contributed by atoms with Crippen molar-refractivity contribution in [1.29, 1.82) is 0 Å². The van der Waals surface area contributed by atoms with E-state index in [1.807, 2.05) is 66.9 Å². The van der Waals surface area contributed by atoms with Crippen LogP contribution in [-0.4, -0.2) is 74.6 Å². The lowest BCUT2D eigenvalue weighted by atomic mass is 9.80. The molecule has 1 atom stereocenters. The average Bonchev–Trinajstić information content (AvgIpc) is 3.70. The zero-order valence-electron chi connectivity index (χ0n) is 27.0. The number of aromatic nitrogens is 2. The van der Waals surface area contributed by atoms with Gasteiger partial charge >= 0.3 is 6.09 Å². The van der Waals surface area contributed by atoms with Crippen molar-refractivity contribution in [3.05, 3.63) is 47.0 Å². The van der Waals surface area contributed by atoms with Crippen LogP contribution in [0.4, 0.5) is 4.79 Å². The Balaban J connectivity index is 1.07. The van der Waals surface area contributed by atoms with E-state index >= 15 is 0 Å². The number of nitrogens with zero attached hydrogens (tertiary/aromatic N) is 4. The van der Waals surface area contributed by atoms with Crippen LogP contribution in [0.5, 0.6) is 5.75 Å². The molecular formula is C34H45IN4O4S2. The van der Waals surface area contributed by atoms with Crippen molar-refractivity contribution in [1.82, 2.24) is 18.3 Å². The highest BCUT2D eigenvalue weighted by Gasteiger charge is 2.45. The predicted molar refractivity (Wildman–Crippen MR) is 194 cm³/mol. The zero-order chi connectivity index (χ0) is 31.9. The summed E-state index contributed by atoms with van der Waals surface area (Å²) in [6.07, 6.45) is 9.53. The molecular weight excluding hydrogens is 719 g/mol. The molecule has 2 aliphatic heterocycles. The summed E-state index contributed by atoms with van der Waals surface area (Å²) in [5.74, 6) is 2.56. The van der Waals surface area contributed by atoms with E-state index in [9.17, 15) is 9.59 Å². The molecule has 45 heavy (non-hydrogen) atoms. The Morgan fingerprint density at radius 2 is 1.89 bits per heavy atom. The maximum Gasteiger partial charge on any atom is 0.410 e. The van der Waals surface area contributed by atoms with E-state index in [0.717, 1.165) is 86.4 Å². The number of rotatable bonds is 9. The van der Waals surface area contributed by atoms with Crippen molar-refractivity contribution in [2.45, 2.75) is 76.4 Å². The minimum absolute atomic E-state index is 0.00327. The lowest BCUT2D eigenvalue weighted by Gasteiger charge is -2.37. The summed E-state index contributed by atoms with van der Waals surface area (Å²) in [4.78, 5) is 31.4. The zero-order valence-corrected chi connectivity index (χ0v) is 30.8. The number of benzene rings is 1. The van der Waals surface area contributed by atoms with Gasteiger partial charge in [-0.2, -0.15) is 0 Å². The molecule has 4 heterocycles. The maximum absolute atomic E-state index is 13.1. The first-order valence-electron chi connectivity index (χ1n) is 16.1. The molecule has 1 amide bonds. The summed E-state index contributed by atoms with van der Waals surface area (Å²) in [7, 11) is 3.33. The Kier molecular flexibility index (Phi) is 9.82. The highest BCUT2D eigenvalue weighted by atomic mass is 127. The molecule has 11 heteroatoms. The van der Waals surface area contributed by atoms with E-state index in [4.69, 9.17) is 9.47 Å². The smallest absolute Gasteiger partial charge is 0.410 e. The second kappa shape index (κ2) is 13.4. The number of thioether (sulfide) groups is 1. The number of ether oxygens (including phenoxy) is 2. The number of hydrogen-bond acceptors (Lipinski definition) is 7. The van der Waals surface area contributed by atoms with Crippen LogP contribution < -0.4 is 10.3 Å². The van der Waals surface area contributed by atoms with Gasteiger partial charge in [-0.15, -0.1) is 11.8 Å². The third-order valence-electron chi connectivity index (χ3n) is 9.56. The van der Waals surface area contributed by atoms with Gasteiger partial charge < -0.3 is 23.8 Å². The monoisotopic (exact) mass is 764 g/mol. The van der Waals surface area contributed by atoms with Gasteiger partial charge in [-0.1, -0.05) is 6.92 Å². The number of aryl methyl sites for hydroxylation is 1. The average molecular weight is 765 g/mol. The van der Waals surface area contributed by atoms with Gasteiger partial charge in [0, 0.05) is 96.2 Å². The van der Waals surface area contributed by atoms with Crippen LogP contribution in [-0.2, 0) is 11.8 Å². The fraction of sp³-hybridized carbons (Fsp3) is 0.588. The molecule has 2 saturated heterocycles. The SMILES string of the molecule is CCSc1ccc(OC2CC(CCN3CCC4(CCN(C(=O)OC(C)(C)C)C4)C3)C2)c(-c2cn(C)c(=O)c3c2ccn3SI)c1. The van der Waals surface area contributed by atoms with Crippen molar-refractivity contribution in [2.24, 2.45) is 18.4 Å². The van der Waals surface area contributed by atoms with Crippen LogP contribution in [0.2, 0.25) is 0 Å². The topological polar surface area (TPSA) is 68.9 Å². The first-order valence-corrected chi connectivity index (χ1v) is 20.4. The van der Waals surface area contributed by atoms with Gasteiger partial charge in [0.1, 0.15) is 16.9 Å². The summed E-state index contributed by atoms with van der Waals surface area (Å²) in [5, 5.41) is 0.956. The number of carbonyl (C=O) groups is 1. The molecule has 244 valence electrons. The van der Waals surface area contributed by atoms with Gasteiger partial charge in [-0.25, -0.2) is 4.79 Å². The van der Waals surface area contributed by atoms with E-state index in [2.05, 4.69) is 51.2 Å². The molecule has 6 rings (SSSR count). The Bertz CT molecular complexity index is 1610. The van der Waals surface area contributed by atoms with E-state index in [0.29, 0.717) is 11.4 Å².